The Labute approximate surface area is 78.5 Å². The third-order valence-corrected chi connectivity index (χ3v) is 2.61. The normalized spacial score (nSPS) is 24.5. The van der Waals surface area contributed by atoms with Crippen LogP contribution >= 0.6 is 0 Å². The Kier molecular flexibility index (Phi) is 3.46. The zero-order valence-corrected chi connectivity index (χ0v) is 8.21. The van der Waals surface area contributed by atoms with Crippen LogP contribution in [0.5, 0.6) is 0 Å². The fourth-order valence-electron chi connectivity index (χ4n) is 1.81. The lowest BCUT2D eigenvalue weighted by molar-refractivity contribution is -0.151. The van der Waals surface area contributed by atoms with Crippen LogP contribution in [-0.4, -0.2) is 18.4 Å². The van der Waals surface area contributed by atoms with E-state index in [1.54, 1.807) is 13.8 Å². The lowest BCUT2D eigenvalue weighted by Crippen LogP contribution is -2.25. The fourth-order valence-corrected chi connectivity index (χ4v) is 1.81. The minimum Gasteiger partial charge on any atom is -0.466 e. The van der Waals surface area contributed by atoms with E-state index in [-0.39, 0.29) is 23.6 Å². The molecule has 0 aliphatic heterocycles. The highest BCUT2D eigenvalue weighted by Gasteiger charge is 2.33. The van der Waals surface area contributed by atoms with E-state index in [2.05, 4.69) is 0 Å². The Morgan fingerprint density at radius 2 is 2.38 bits per heavy atom. The summed E-state index contributed by atoms with van der Waals surface area (Å²) in [6.45, 7) is 3.96. The van der Waals surface area contributed by atoms with Gasteiger partial charge in [-0.2, -0.15) is 0 Å². The summed E-state index contributed by atoms with van der Waals surface area (Å²) in [5.41, 5.74) is 0. The monoisotopic (exact) mass is 184 g/mol. The van der Waals surface area contributed by atoms with Crippen LogP contribution in [0.4, 0.5) is 0 Å². The SMILES string of the molecule is CCOC(=O)[C@@H](C)[C@@H]1CCCC1=O. The van der Waals surface area contributed by atoms with Crippen molar-refractivity contribution < 1.29 is 14.3 Å². The summed E-state index contributed by atoms with van der Waals surface area (Å²) in [7, 11) is 0. The molecule has 3 nitrogen and oxygen atoms in total. The summed E-state index contributed by atoms with van der Waals surface area (Å²) in [6, 6.07) is 0. The second-order valence-corrected chi connectivity index (χ2v) is 3.51. The molecule has 0 heterocycles. The molecule has 0 bridgehead atoms. The van der Waals surface area contributed by atoms with Gasteiger partial charge in [0.1, 0.15) is 5.78 Å². The molecule has 0 aromatic carbocycles. The van der Waals surface area contributed by atoms with Crippen molar-refractivity contribution in [3.8, 4) is 0 Å². The topological polar surface area (TPSA) is 43.4 Å². The summed E-state index contributed by atoms with van der Waals surface area (Å²) < 4.78 is 4.87. The number of rotatable bonds is 3. The molecule has 0 spiro atoms. The standard InChI is InChI=1S/C10H16O3/c1-3-13-10(12)7(2)8-5-4-6-9(8)11/h7-8H,3-6H2,1-2H3/t7-,8-/m0/s1. The molecule has 74 valence electrons. The number of ether oxygens (including phenoxy) is 1. The molecule has 1 aliphatic rings. The first kappa shape index (κ1) is 10.2. The van der Waals surface area contributed by atoms with Gasteiger partial charge in [-0.1, -0.05) is 6.92 Å². The first-order valence-corrected chi connectivity index (χ1v) is 4.86. The van der Waals surface area contributed by atoms with Crippen LogP contribution in [0.25, 0.3) is 0 Å². The minimum absolute atomic E-state index is 0.0842. The van der Waals surface area contributed by atoms with Crippen LogP contribution < -0.4 is 0 Å². The van der Waals surface area contributed by atoms with Crippen LogP contribution in [0.3, 0.4) is 0 Å². The van der Waals surface area contributed by atoms with Gasteiger partial charge in [0.25, 0.3) is 0 Å². The van der Waals surface area contributed by atoms with E-state index in [4.69, 9.17) is 4.74 Å². The van der Waals surface area contributed by atoms with E-state index in [1.807, 2.05) is 0 Å². The van der Waals surface area contributed by atoms with Gasteiger partial charge >= 0.3 is 5.97 Å². The van der Waals surface area contributed by atoms with Gasteiger partial charge in [0.2, 0.25) is 0 Å². The van der Waals surface area contributed by atoms with E-state index in [0.29, 0.717) is 13.0 Å². The first-order chi connectivity index (χ1) is 6.16. The average Bonchev–Trinajstić information content (AvgIpc) is 2.50. The van der Waals surface area contributed by atoms with Gasteiger partial charge in [0.15, 0.2) is 0 Å². The molecule has 1 rings (SSSR count). The van der Waals surface area contributed by atoms with E-state index in [0.717, 1.165) is 12.8 Å². The quantitative estimate of drug-likeness (QED) is 0.625. The summed E-state index contributed by atoms with van der Waals surface area (Å²) in [5.74, 6) is -0.350. The predicted molar refractivity (Wildman–Crippen MR) is 48.1 cm³/mol. The molecule has 0 saturated heterocycles. The summed E-state index contributed by atoms with van der Waals surface area (Å²) in [6.07, 6.45) is 2.40. The molecule has 1 saturated carbocycles. The van der Waals surface area contributed by atoms with E-state index in [9.17, 15) is 9.59 Å². The number of carbonyl (C=O) groups is 2. The average molecular weight is 184 g/mol. The number of carbonyl (C=O) groups excluding carboxylic acids is 2. The molecule has 13 heavy (non-hydrogen) atoms. The van der Waals surface area contributed by atoms with Gasteiger partial charge in [-0.05, 0) is 19.8 Å². The maximum atomic E-state index is 11.3. The highest BCUT2D eigenvalue weighted by atomic mass is 16.5. The minimum atomic E-state index is -0.255. The molecule has 0 aromatic rings. The first-order valence-electron chi connectivity index (χ1n) is 4.86. The Hall–Kier alpha value is -0.860. The molecule has 0 unspecified atom stereocenters. The highest BCUT2D eigenvalue weighted by Crippen LogP contribution is 2.28. The molecule has 2 atom stereocenters. The van der Waals surface area contributed by atoms with Gasteiger partial charge in [-0.3, -0.25) is 9.59 Å². The second kappa shape index (κ2) is 4.40. The predicted octanol–water partition coefficient (Wildman–Crippen LogP) is 1.55. The van der Waals surface area contributed by atoms with Gasteiger partial charge < -0.3 is 4.74 Å². The molecule has 1 aliphatic carbocycles. The van der Waals surface area contributed by atoms with E-state index < -0.39 is 0 Å². The smallest absolute Gasteiger partial charge is 0.309 e. The van der Waals surface area contributed by atoms with Gasteiger partial charge in [0.05, 0.1) is 12.5 Å². The molecule has 0 aromatic heterocycles. The van der Waals surface area contributed by atoms with Crippen molar-refractivity contribution >= 4 is 11.8 Å². The Morgan fingerprint density at radius 1 is 1.69 bits per heavy atom. The van der Waals surface area contributed by atoms with Crippen LogP contribution in [-0.2, 0) is 14.3 Å². The molecule has 3 heteroatoms. The molecule has 0 amide bonds. The van der Waals surface area contributed by atoms with Gasteiger partial charge in [-0.15, -0.1) is 0 Å². The number of hydrogen-bond acceptors (Lipinski definition) is 3. The number of Topliss-reactive ketones (excluding diaryl/α,β-unsaturated/α-hetero) is 1. The van der Waals surface area contributed by atoms with Crippen molar-refractivity contribution in [1.82, 2.24) is 0 Å². The molecular weight excluding hydrogens is 168 g/mol. The lowest BCUT2D eigenvalue weighted by atomic mass is 9.92. The number of ketones is 1. The summed E-state index contributed by atoms with van der Waals surface area (Å²) >= 11 is 0. The zero-order chi connectivity index (χ0) is 9.84. The fraction of sp³-hybridized carbons (Fsp3) is 0.800. The largest absolute Gasteiger partial charge is 0.466 e. The van der Waals surface area contributed by atoms with Crippen molar-refractivity contribution in [2.45, 2.75) is 33.1 Å². The maximum absolute atomic E-state index is 11.3. The van der Waals surface area contributed by atoms with E-state index >= 15 is 0 Å². The summed E-state index contributed by atoms with van der Waals surface area (Å²) in [4.78, 5) is 22.6. The van der Waals surface area contributed by atoms with Gasteiger partial charge in [-0.25, -0.2) is 0 Å². The number of hydrogen-bond donors (Lipinski definition) is 0. The molecule has 1 fully saturated rings. The molecule has 0 N–H and O–H groups in total. The Balaban J connectivity index is 2.50. The molecule has 0 radical (unpaired) electrons. The third kappa shape index (κ3) is 2.29. The van der Waals surface area contributed by atoms with Crippen molar-refractivity contribution in [1.29, 1.82) is 0 Å². The van der Waals surface area contributed by atoms with E-state index in [1.165, 1.54) is 0 Å². The van der Waals surface area contributed by atoms with Crippen LogP contribution in [0.15, 0.2) is 0 Å². The van der Waals surface area contributed by atoms with Crippen molar-refractivity contribution in [3.05, 3.63) is 0 Å². The highest BCUT2D eigenvalue weighted by molar-refractivity contribution is 5.88. The van der Waals surface area contributed by atoms with Crippen LogP contribution in [0, 0.1) is 11.8 Å². The van der Waals surface area contributed by atoms with Crippen molar-refractivity contribution in [2.75, 3.05) is 6.61 Å². The van der Waals surface area contributed by atoms with Crippen LogP contribution in [0.2, 0.25) is 0 Å². The van der Waals surface area contributed by atoms with Crippen molar-refractivity contribution in [2.24, 2.45) is 11.8 Å². The maximum Gasteiger partial charge on any atom is 0.309 e. The Morgan fingerprint density at radius 3 is 2.85 bits per heavy atom. The second-order valence-electron chi connectivity index (χ2n) is 3.51. The summed E-state index contributed by atoms with van der Waals surface area (Å²) in [5, 5.41) is 0. The Bertz CT molecular complexity index is 210. The zero-order valence-electron chi connectivity index (χ0n) is 8.21. The van der Waals surface area contributed by atoms with Crippen LogP contribution in [0.1, 0.15) is 33.1 Å². The molecular formula is C10H16O3. The number of esters is 1. The van der Waals surface area contributed by atoms with Gasteiger partial charge in [0, 0.05) is 12.3 Å². The van der Waals surface area contributed by atoms with Crippen molar-refractivity contribution in [3.63, 3.8) is 0 Å². The third-order valence-electron chi connectivity index (χ3n) is 2.61. The lowest BCUT2D eigenvalue weighted by Gasteiger charge is -2.15.